The second-order valence-corrected chi connectivity index (χ2v) is 6.29. The summed E-state index contributed by atoms with van der Waals surface area (Å²) in [7, 11) is 4.84. The highest BCUT2D eigenvalue weighted by Crippen LogP contribution is 2.31. The zero-order valence-corrected chi connectivity index (χ0v) is 15.7. The van der Waals surface area contributed by atoms with E-state index in [1.54, 1.807) is 27.5 Å². The molecule has 0 aliphatic heterocycles. The number of benzene rings is 1. The normalized spacial score (nSPS) is 10.9. The molecule has 1 aromatic carbocycles. The van der Waals surface area contributed by atoms with Crippen LogP contribution in [0.5, 0.6) is 11.5 Å². The number of fused-ring (bicyclic) bond motifs is 1. The Bertz CT molecular complexity index is 980. The lowest BCUT2D eigenvalue weighted by atomic mass is 10.2. The maximum absolute atomic E-state index is 11.8. The molecule has 3 rings (SSSR count). The fourth-order valence-electron chi connectivity index (χ4n) is 2.79. The number of hydrogen-bond donors (Lipinski definition) is 2. The first-order chi connectivity index (χ1) is 12.5. The van der Waals surface area contributed by atoms with Gasteiger partial charge in [-0.3, -0.25) is 4.79 Å². The summed E-state index contributed by atoms with van der Waals surface area (Å²) in [5, 5.41) is 8.31. The second kappa shape index (κ2) is 7.70. The van der Waals surface area contributed by atoms with E-state index in [0.717, 1.165) is 40.9 Å². The summed E-state index contributed by atoms with van der Waals surface area (Å²) >= 11 is 6.04. The lowest BCUT2D eigenvalue weighted by Gasteiger charge is -2.07. The number of aromatic amines is 1. The SMILES string of the molecule is COc1cc(OC)c2cc(CCCNc3cnn(C)c(=O)c3Cl)[nH]c2c1. The largest absolute Gasteiger partial charge is 0.497 e. The molecule has 0 aliphatic rings. The first kappa shape index (κ1) is 18.1. The van der Waals surface area contributed by atoms with Crippen molar-refractivity contribution >= 4 is 28.2 Å². The van der Waals surface area contributed by atoms with E-state index >= 15 is 0 Å². The Morgan fingerprint density at radius 1 is 1.27 bits per heavy atom. The van der Waals surface area contributed by atoms with Crippen molar-refractivity contribution in [2.45, 2.75) is 12.8 Å². The first-order valence-corrected chi connectivity index (χ1v) is 8.60. The first-order valence-electron chi connectivity index (χ1n) is 8.22. The molecule has 0 fully saturated rings. The van der Waals surface area contributed by atoms with E-state index in [2.05, 4.69) is 21.5 Å². The Kier molecular flexibility index (Phi) is 5.37. The van der Waals surface area contributed by atoms with Gasteiger partial charge in [0.25, 0.3) is 5.56 Å². The molecular weight excluding hydrogens is 356 g/mol. The quantitative estimate of drug-likeness (QED) is 0.619. The number of H-pyrrole nitrogens is 1. The molecule has 0 bridgehead atoms. The van der Waals surface area contributed by atoms with Crippen LogP contribution in [0, 0.1) is 0 Å². The second-order valence-electron chi connectivity index (χ2n) is 5.92. The van der Waals surface area contributed by atoms with Crippen LogP contribution in [0.4, 0.5) is 5.69 Å². The van der Waals surface area contributed by atoms with Crippen LogP contribution in [0.25, 0.3) is 10.9 Å². The highest BCUT2D eigenvalue weighted by molar-refractivity contribution is 6.32. The molecule has 0 aliphatic carbocycles. The maximum atomic E-state index is 11.8. The molecule has 0 amide bonds. The van der Waals surface area contributed by atoms with Crippen LogP contribution in [0.3, 0.4) is 0 Å². The van der Waals surface area contributed by atoms with Gasteiger partial charge in [0.05, 0.1) is 31.6 Å². The Morgan fingerprint density at radius 2 is 2.08 bits per heavy atom. The molecular formula is C18H21ClN4O3. The van der Waals surface area contributed by atoms with E-state index in [0.29, 0.717) is 12.2 Å². The van der Waals surface area contributed by atoms with Crippen molar-refractivity contribution in [3.63, 3.8) is 0 Å². The molecule has 0 unspecified atom stereocenters. The zero-order valence-electron chi connectivity index (χ0n) is 14.9. The number of anilines is 1. The van der Waals surface area contributed by atoms with Crippen molar-refractivity contribution in [3.8, 4) is 11.5 Å². The van der Waals surface area contributed by atoms with E-state index in [4.69, 9.17) is 21.1 Å². The molecule has 26 heavy (non-hydrogen) atoms. The van der Waals surface area contributed by atoms with Crippen LogP contribution >= 0.6 is 11.6 Å². The van der Waals surface area contributed by atoms with Gasteiger partial charge >= 0.3 is 0 Å². The predicted octanol–water partition coefficient (Wildman–Crippen LogP) is 2.98. The lowest BCUT2D eigenvalue weighted by Crippen LogP contribution is -2.21. The molecule has 2 N–H and O–H groups in total. The van der Waals surface area contributed by atoms with Gasteiger partial charge in [-0.05, 0) is 18.9 Å². The summed E-state index contributed by atoms with van der Waals surface area (Å²) in [6, 6.07) is 5.90. The number of halogens is 1. The molecule has 8 heteroatoms. The minimum Gasteiger partial charge on any atom is -0.497 e. The number of ether oxygens (including phenoxy) is 2. The van der Waals surface area contributed by atoms with Gasteiger partial charge in [0.2, 0.25) is 0 Å². The number of methoxy groups -OCH3 is 2. The third kappa shape index (κ3) is 3.62. The van der Waals surface area contributed by atoms with Gasteiger partial charge < -0.3 is 19.8 Å². The molecule has 0 spiro atoms. The van der Waals surface area contributed by atoms with Crippen molar-refractivity contribution in [1.29, 1.82) is 0 Å². The lowest BCUT2D eigenvalue weighted by molar-refractivity contribution is 0.398. The summed E-state index contributed by atoms with van der Waals surface area (Å²) in [5.41, 5.74) is 2.32. The van der Waals surface area contributed by atoms with E-state index in [1.165, 1.54) is 4.68 Å². The topological polar surface area (TPSA) is 81.2 Å². The van der Waals surface area contributed by atoms with E-state index in [1.807, 2.05) is 12.1 Å². The molecule has 138 valence electrons. The van der Waals surface area contributed by atoms with Crippen molar-refractivity contribution in [1.82, 2.24) is 14.8 Å². The van der Waals surface area contributed by atoms with Crippen molar-refractivity contribution in [2.75, 3.05) is 26.1 Å². The predicted molar refractivity (Wildman–Crippen MR) is 103 cm³/mol. The van der Waals surface area contributed by atoms with Crippen molar-refractivity contribution < 1.29 is 9.47 Å². The molecule has 0 atom stereocenters. The number of hydrogen-bond acceptors (Lipinski definition) is 5. The Labute approximate surface area is 155 Å². The minimum absolute atomic E-state index is 0.157. The van der Waals surface area contributed by atoms with Gasteiger partial charge in [-0.15, -0.1) is 0 Å². The number of nitrogens with one attached hydrogen (secondary N) is 2. The Hall–Kier alpha value is -2.67. The zero-order chi connectivity index (χ0) is 18.7. The summed E-state index contributed by atoms with van der Waals surface area (Å²) < 4.78 is 11.9. The van der Waals surface area contributed by atoms with Crippen LogP contribution in [0.2, 0.25) is 5.02 Å². The van der Waals surface area contributed by atoms with Crippen LogP contribution < -0.4 is 20.3 Å². The number of aromatic nitrogens is 3. The van der Waals surface area contributed by atoms with Gasteiger partial charge in [0.15, 0.2) is 0 Å². The standard InChI is InChI=1S/C18H21ClN4O3/c1-23-18(24)17(19)15(10-21-23)20-6-4-5-11-7-13-14(22-11)8-12(25-2)9-16(13)26-3/h7-10,20,22H,4-6H2,1-3H3. The monoisotopic (exact) mass is 376 g/mol. The molecule has 0 saturated carbocycles. The van der Waals surface area contributed by atoms with Crippen LogP contribution in [0.15, 0.2) is 29.2 Å². The molecule has 2 aromatic heterocycles. The van der Waals surface area contributed by atoms with Gasteiger partial charge in [-0.2, -0.15) is 5.10 Å². The fraction of sp³-hybridized carbons (Fsp3) is 0.333. The number of rotatable bonds is 7. The Morgan fingerprint density at radius 3 is 2.81 bits per heavy atom. The fourth-order valence-corrected chi connectivity index (χ4v) is 3.03. The van der Waals surface area contributed by atoms with Crippen LogP contribution in [-0.4, -0.2) is 35.5 Å². The summed E-state index contributed by atoms with van der Waals surface area (Å²) in [4.78, 5) is 15.1. The number of aryl methyl sites for hydroxylation is 2. The third-order valence-corrected chi connectivity index (χ3v) is 4.57. The molecule has 2 heterocycles. The van der Waals surface area contributed by atoms with Gasteiger partial charge in [-0.1, -0.05) is 11.6 Å². The highest BCUT2D eigenvalue weighted by Gasteiger charge is 2.10. The van der Waals surface area contributed by atoms with E-state index in [9.17, 15) is 4.79 Å². The van der Waals surface area contributed by atoms with Gasteiger partial charge in [0.1, 0.15) is 16.5 Å². The van der Waals surface area contributed by atoms with Gasteiger partial charge in [0, 0.05) is 36.8 Å². The summed E-state index contributed by atoms with van der Waals surface area (Å²) in [6.07, 6.45) is 3.25. The third-order valence-electron chi connectivity index (χ3n) is 4.20. The molecule has 0 saturated heterocycles. The van der Waals surface area contributed by atoms with Gasteiger partial charge in [-0.25, -0.2) is 4.68 Å². The number of nitrogens with zero attached hydrogens (tertiary/aromatic N) is 2. The highest BCUT2D eigenvalue weighted by atomic mass is 35.5. The average Bonchev–Trinajstić information content (AvgIpc) is 3.06. The summed E-state index contributed by atoms with van der Waals surface area (Å²) in [6.45, 7) is 0.671. The molecule has 3 aromatic rings. The van der Waals surface area contributed by atoms with Crippen molar-refractivity contribution in [3.05, 3.63) is 45.5 Å². The average molecular weight is 377 g/mol. The van der Waals surface area contributed by atoms with Crippen molar-refractivity contribution in [2.24, 2.45) is 7.05 Å². The summed E-state index contributed by atoms with van der Waals surface area (Å²) in [5.74, 6) is 1.52. The molecule has 0 radical (unpaired) electrons. The van der Waals surface area contributed by atoms with Crippen LogP contribution in [-0.2, 0) is 13.5 Å². The smallest absolute Gasteiger partial charge is 0.287 e. The van der Waals surface area contributed by atoms with Crippen LogP contribution in [0.1, 0.15) is 12.1 Å². The maximum Gasteiger partial charge on any atom is 0.287 e. The Balaban J connectivity index is 1.65. The van der Waals surface area contributed by atoms with E-state index in [-0.39, 0.29) is 10.6 Å². The minimum atomic E-state index is -0.312. The van der Waals surface area contributed by atoms with E-state index < -0.39 is 0 Å². The molecule has 7 nitrogen and oxygen atoms in total.